The molecule has 0 fully saturated rings. The van der Waals surface area contributed by atoms with Crippen molar-refractivity contribution >= 4 is 10.8 Å². The molecule has 0 saturated carbocycles. The van der Waals surface area contributed by atoms with Gasteiger partial charge in [-0.25, -0.2) is 0 Å². The monoisotopic (exact) mass is 290 g/mol. The summed E-state index contributed by atoms with van der Waals surface area (Å²) < 4.78 is 5.67. The van der Waals surface area contributed by atoms with Crippen LogP contribution in [0.25, 0.3) is 22.0 Å². The number of fused-ring (bicyclic) bond motifs is 1. The van der Waals surface area contributed by atoms with Crippen LogP contribution in [0.3, 0.4) is 0 Å². The van der Waals surface area contributed by atoms with E-state index in [-0.39, 0.29) is 0 Å². The molecule has 1 aromatic carbocycles. The Kier molecular flexibility index (Phi) is 4.21. The Hall–Kier alpha value is -3.00. The summed E-state index contributed by atoms with van der Waals surface area (Å²) in [6, 6.07) is 9.87. The van der Waals surface area contributed by atoms with Gasteiger partial charge in [0.25, 0.3) is 0 Å². The van der Waals surface area contributed by atoms with Crippen molar-refractivity contribution in [1.82, 2.24) is 20.4 Å². The standard InChI is InChI=1S/C17H14N4O/c1-2-3-7-10-22-17-15-12-19-18-11-14(15)16(20-21-17)13-8-5-4-6-9-13/h4-6,8-9,11-12H,7,10H2,1H3. The molecule has 2 heterocycles. The van der Waals surface area contributed by atoms with Crippen molar-refractivity contribution in [3.8, 4) is 29.0 Å². The van der Waals surface area contributed by atoms with Gasteiger partial charge in [-0.15, -0.1) is 22.0 Å². The fraction of sp³-hybridized carbons (Fsp3) is 0.176. The van der Waals surface area contributed by atoms with Crippen LogP contribution in [0.1, 0.15) is 13.3 Å². The summed E-state index contributed by atoms with van der Waals surface area (Å²) in [5, 5.41) is 18.0. The molecule has 0 aliphatic heterocycles. The highest BCUT2D eigenvalue weighted by Crippen LogP contribution is 2.29. The van der Waals surface area contributed by atoms with Gasteiger partial charge in [0.05, 0.1) is 17.8 Å². The van der Waals surface area contributed by atoms with Gasteiger partial charge in [-0.05, 0) is 6.92 Å². The van der Waals surface area contributed by atoms with E-state index >= 15 is 0 Å². The number of nitrogens with zero attached hydrogens (tertiary/aromatic N) is 4. The fourth-order valence-electron chi connectivity index (χ4n) is 2.12. The summed E-state index contributed by atoms with van der Waals surface area (Å²) in [7, 11) is 0. The molecule has 22 heavy (non-hydrogen) atoms. The maximum absolute atomic E-state index is 5.67. The molecule has 0 amide bonds. The molecule has 3 rings (SSSR count). The van der Waals surface area contributed by atoms with E-state index in [4.69, 9.17) is 4.74 Å². The molecule has 2 aromatic heterocycles. The highest BCUT2D eigenvalue weighted by atomic mass is 16.5. The molecular weight excluding hydrogens is 276 g/mol. The van der Waals surface area contributed by atoms with Gasteiger partial charge >= 0.3 is 0 Å². The summed E-state index contributed by atoms with van der Waals surface area (Å²) in [4.78, 5) is 0. The third-order valence-corrected chi connectivity index (χ3v) is 3.15. The lowest BCUT2D eigenvalue weighted by molar-refractivity contribution is 0.315. The van der Waals surface area contributed by atoms with Gasteiger partial charge in [0, 0.05) is 17.4 Å². The van der Waals surface area contributed by atoms with Crippen molar-refractivity contribution < 1.29 is 4.74 Å². The first kappa shape index (κ1) is 14.0. The first-order valence-corrected chi connectivity index (χ1v) is 6.95. The Balaban J connectivity index is 2.01. The van der Waals surface area contributed by atoms with Crippen LogP contribution in [0.15, 0.2) is 42.7 Å². The predicted molar refractivity (Wildman–Crippen MR) is 84.1 cm³/mol. The van der Waals surface area contributed by atoms with Gasteiger partial charge in [-0.2, -0.15) is 10.2 Å². The average Bonchev–Trinajstić information content (AvgIpc) is 2.59. The molecule has 0 radical (unpaired) electrons. The summed E-state index contributed by atoms with van der Waals surface area (Å²) in [5.74, 6) is 6.25. The fourth-order valence-corrected chi connectivity index (χ4v) is 2.12. The molecule has 0 aliphatic carbocycles. The zero-order chi connectivity index (χ0) is 15.2. The molecule has 0 N–H and O–H groups in total. The lowest BCUT2D eigenvalue weighted by atomic mass is 10.1. The van der Waals surface area contributed by atoms with Crippen LogP contribution in [0.2, 0.25) is 0 Å². The Morgan fingerprint density at radius 1 is 1.00 bits per heavy atom. The van der Waals surface area contributed by atoms with Gasteiger partial charge < -0.3 is 4.74 Å². The van der Waals surface area contributed by atoms with Crippen molar-refractivity contribution in [1.29, 1.82) is 0 Å². The van der Waals surface area contributed by atoms with Crippen LogP contribution < -0.4 is 4.74 Å². The molecule has 3 aromatic rings. The Bertz CT molecular complexity index is 837. The number of hydrogen-bond acceptors (Lipinski definition) is 5. The quantitative estimate of drug-likeness (QED) is 0.546. The molecule has 108 valence electrons. The molecule has 0 unspecified atom stereocenters. The van der Waals surface area contributed by atoms with E-state index < -0.39 is 0 Å². The predicted octanol–water partition coefficient (Wildman–Crippen LogP) is 2.88. The molecular formula is C17H14N4O. The van der Waals surface area contributed by atoms with Gasteiger partial charge in [0.1, 0.15) is 12.3 Å². The number of rotatable bonds is 4. The Labute approximate surface area is 128 Å². The van der Waals surface area contributed by atoms with E-state index in [9.17, 15) is 0 Å². The minimum absolute atomic E-state index is 0.461. The highest BCUT2D eigenvalue weighted by molar-refractivity contribution is 5.95. The lowest BCUT2D eigenvalue weighted by Crippen LogP contribution is -2.02. The van der Waals surface area contributed by atoms with E-state index in [2.05, 4.69) is 32.2 Å². The van der Waals surface area contributed by atoms with Crippen LogP contribution in [0, 0.1) is 11.8 Å². The Morgan fingerprint density at radius 2 is 1.77 bits per heavy atom. The zero-order valence-electron chi connectivity index (χ0n) is 12.2. The molecule has 0 spiro atoms. The smallest absolute Gasteiger partial charge is 0.243 e. The highest BCUT2D eigenvalue weighted by Gasteiger charge is 2.12. The van der Waals surface area contributed by atoms with Crippen LogP contribution in [-0.2, 0) is 0 Å². The third kappa shape index (κ3) is 2.86. The van der Waals surface area contributed by atoms with Gasteiger partial charge in [0.15, 0.2) is 0 Å². The van der Waals surface area contributed by atoms with Crippen molar-refractivity contribution in [2.75, 3.05) is 6.61 Å². The van der Waals surface area contributed by atoms with E-state index in [1.54, 1.807) is 19.3 Å². The molecule has 5 heteroatoms. The topological polar surface area (TPSA) is 60.8 Å². The van der Waals surface area contributed by atoms with Crippen molar-refractivity contribution in [3.05, 3.63) is 42.7 Å². The van der Waals surface area contributed by atoms with Crippen LogP contribution in [0.5, 0.6) is 5.88 Å². The van der Waals surface area contributed by atoms with E-state index in [1.807, 2.05) is 30.3 Å². The molecule has 5 nitrogen and oxygen atoms in total. The van der Waals surface area contributed by atoms with E-state index in [1.165, 1.54) is 0 Å². The molecule has 0 saturated heterocycles. The van der Waals surface area contributed by atoms with Crippen LogP contribution >= 0.6 is 0 Å². The summed E-state index contributed by atoms with van der Waals surface area (Å²) in [5.41, 5.74) is 1.75. The third-order valence-electron chi connectivity index (χ3n) is 3.15. The van der Waals surface area contributed by atoms with Crippen molar-refractivity contribution in [2.45, 2.75) is 13.3 Å². The van der Waals surface area contributed by atoms with Crippen LogP contribution in [0.4, 0.5) is 0 Å². The minimum Gasteiger partial charge on any atom is -0.475 e. The van der Waals surface area contributed by atoms with Crippen molar-refractivity contribution in [2.24, 2.45) is 0 Å². The summed E-state index contributed by atoms with van der Waals surface area (Å²) in [6.45, 7) is 2.27. The second kappa shape index (κ2) is 6.64. The van der Waals surface area contributed by atoms with E-state index in [0.29, 0.717) is 18.9 Å². The maximum Gasteiger partial charge on any atom is 0.243 e. The minimum atomic E-state index is 0.461. The molecule has 0 bridgehead atoms. The SMILES string of the molecule is CC#CCCOc1nnc(-c2ccccc2)c2cnncc12. The van der Waals surface area contributed by atoms with Gasteiger partial charge in [0.2, 0.25) is 5.88 Å². The second-order valence-corrected chi connectivity index (χ2v) is 4.56. The van der Waals surface area contributed by atoms with Crippen LogP contribution in [-0.4, -0.2) is 27.0 Å². The average molecular weight is 290 g/mol. The summed E-state index contributed by atoms with van der Waals surface area (Å²) in [6.07, 6.45) is 3.99. The van der Waals surface area contributed by atoms with E-state index in [0.717, 1.165) is 22.0 Å². The second-order valence-electron chi connectivity index (χ2n) is 4.56. The maximum atomic E-state index is 5.67. The Morgan fingerprint density at radius 3 is 2.55 bits per heavy atom. The number of benzene rings is 1. The first-order chi connectivity index (χ1) is 10.9. The van der Waals surface area contributed by atoms with Gasteiger partial charge in [-0.3, -0.25) is 0 Å². The first-order valence-electron chi connectivity index (χ1n) is 6.95. The zero-order valence-corrected chi connectivity index (χ0v) is 12.2. The normalized spacial score (nSPS) is 10.0. The number of aromatic nitrogens is 4. The van der Waals surface area contributed by atoms with Gasteiger partial charge in [-0.1, -0.05) is 30.3 Å². The van der Waals surface area contributed by atoms with Crippen molar-refractivity contribution in [3.63, 3.8) is 0 Å². The lowest BCUT2D eigenvalue weighted by Gasteiger charge is -2.08. The largest absolute Gasteiger partial charge is 0.475 e. The number of hydrogen-bond donors (Lipinski definition) is 0. The summed E-state index contributed by atoms with van der Waals surface area (Å²) >= 11 is 0. The number of ether oxygens (including phenoxy) is 1. The molecule has 0 atom stereocenters. The molecule has 0 aliphatic rings.